The predicted molar refractivity (Wildman–Crippen MR) is 62.2 cm³/mol. The highest BCUT2D eigenvalue weighted by atomic mass is 16.4. The molecule has 2 rings (SSSR count). The highest BCUT2D eigenvalue weighted by Crippen LogP contribution is 2.43. The van der Waals surface area contributed by atoms with E-state index in [1.165, 1.54) is 0 Å². The van der Waals surface area contributed by atoms with Crippen molar-refractivity contribution in [1.29, 1.82) is 0 Å². The minimum absolute atomic E-state index is 0.172. The highest BCUT2D eigenvalue weighted by molar-refractivity contribution is 5.89. The van der Waals surface area contributed by atoms with Crippen molar-refractivity contribution < 1.29 is 19.5 Å². The second-order valence-electron chi connectivity index (χ2n) is 4.96. The molecule has 0 heterocycles. The molecule has 2 aliphatic carbocycles. The third-order valence-corrected chi connectivity index (χ3v) is 3.64. The van der Waals surface area contributed by atoms with Gasteiger partial charge in [0, 0.05) is 5.92 Å². The summed E-state index contributed by atoms with van der Waals surface area (Å²) in [6.07, 6.45) is 5.47. The molecule has 3 unspecified atom stereocenters. The Morgan fingerprint density at radius 1 is 1.33 bits per heavy atom. The Labute approximate surface area is 104 Å². The molecular weight excluding hydrogens is 236 g/mol. The van der Waals surface area contributed by atoms with Crippen LogP contribution >= 0.6 is 0 Å². The Morgan fingerprint density at radius 3 is 2.50 bits per heavy atom. The van der Waals surface area contributed by atoms with Gasteiger partial charge in [-0.25, -0.2) is 4.79 Å². The fourth-order valence-corrected chi connectivity index (χ4v) is 2.76. The minimum atomic E-state index is -1.24. The number of amides is 2. The summed E-state index contributed by atoms with van der Waals surface area (Å²) >= 11 is 0. The molecule has 0 saturated heterocycles. The summed E-state index contributed by atoms with van der Waals surface area (Å²) < 4.78 is 0. The van der Waals surface area contributed by atoms with E-state index in [0.717, 1.165) is 12.8 Å². The molecule has 2 amide bonds. The van der Waals surface area contributed by atoms with E-state index in [1.54, 1.807) is 0 Å². The second kappa shape index (κ2) is 4.80. The van der Waals surface area contributed by atoms with Crippen molar-refractivity contribution in [2.24, 2.45) is 23.5 Å². The molecule has 6 nitrogen and oxygen atoms in total. The lowest BCUT2D eigenvalue weighted by Gasteiger charge is -2.20. The first-order valence-electron chi connectivity index (χ1n) is 5.97. The molecule has 0 aromatic heterocycles. The van der Waals surface area contributed by atoms with Crippen LogP contribution in [0.25, 0.3) is 0 Å². The van der Waals surface area contributed by atoms with Gasteiger partial charge >= 0.3 is 5.97 Å². The molecule has 2 bridgehead atoms. The number of fused-ring (bicyclic) bond motifs is 2. The van der Waals surface area contributed by atoms with E-state index in [4.69, 9.17) is 10.8 Å². The first-order chi connectivity index (χ1) is 8.47. The van der Waals surface area contributed by atoms with Crippen LogP contribution in [0.4, 0.5) is 0 Å². The number of allylic oxidation sites excluding steroid dienone is 2. The van der Waals surface area contributed by atoms with Crippen LogP contribution in [-0.2, 0) is 14.4 Å². The molecule has 0 aliphatic heterocycles. The number of nitrogens with one attached hydrogen (secondary N) is 1. The molecule has 4 atom stereocenters. The van der Waals surface area contributed by atoms with Crippen LogP contribution in [-0.4, -0.2) is 28.9 Å². The zero-order valence-corrected chi connectivity index (χ0v) is 9.83. The van der Waals surface area contributed by atoms with Gasteiger partial charge in [-0.15, -0.1) is 0 Å². The largest absolute Gasteiger partial charge is 0.480 e. The smallest absolute Gasteiger partial charge is 0.326 e. The number of carbonyl (C=O) groups excluding carboxylic acids is 2. The number of carboxylic acids is 1. The van der Waals surface area contributed by atoms with Gasteiger partial charge in [0.05, 0.1) is 6.42 Å². The van der Waals surface area contributed by atoms with Crippen molar-refractivity contribution in [1.82, 2.24) is 5.32 Å². The Morgan fingerprint density at radius 2 is 2.06 bits per heavy atom. The number of hydrogen-bond acceptors (Lipinski definition) is 3. The number of aliphatic carboxylic acids is 1. The monoisotopic (exact) mass is 252 g/mol. The fourth-order valence-electron chi connectivity index (χ4n) is 2.76. The molecule has 0 aromatic rings. The highest BCUT2D eigenvalue weighted by Gasteiger charge is 2.40. The second-order valence-corrected chi connectivity index (χ2v) is 4.96. The van der Waals surface area contributed by atoms with E-state index in [0.29, 0.717) is 5.92 Å². The van der Waals surface area contributed by atoms with Crippen LogP contribution in [0.5, 0.6) is 0 Å². The summed E-state index contributed by atoms with van der Waals surface area (Å²) in [5, 5.41) is 11.3. The van der Waals surface area contributed by atoms with Gasteiger partial charge in [0.15, 0.2) is 0 Å². The van der Waals surface area contributed by atoms with Crippen LogP contribution in [0.1, 0.15) is 19.3 Å². The van der Waals surface area contributed by atoms with Gasteiger partial charge < -0.3 is 16.2 Å². The molecule has 1 fully saturated rings. The first-order valence-corrected chi connectivity index (χ1v) is 5.97. The number of hydrogen-bond donors (Lipinski definition) is 3. The molecule has 98 valence electrons. The zero-order chi connectivity index (χ0) is 13.3. The summed E-state index contributed by atoms with van der Waals surface area (Å²) in [7, 11) is 0. The van der Waals surface area contributed by atoms with Crippen molar-refractivity contribution in [3.05, 3.63) is 12.2 Å². The predicted octanol–water partition coefficient (Wildman–Crippen LogP) is -0.357. The average Bonchev–Trinajstić information content (AvgIpc) is 2.88. The third-order valence-electron chi connectivity index (χ3n) is 3.64. The van der Waals surface area contributed by atoms with E-state index in [-0.39, 0.29) is 24.2 Å². The van der Waals surface area contributed by atoms with Gasteiger partial charge in [0.25, 0.3) is 0 Å². The minimum Gasteiger partial charge on any atom is -0.480 e. The normalized spacial score (nSPS) is 30.1. The molecule has 6 heteroatoms. The maximum atomic E-state index is 12.0. The van der Waals surface area contributed by atoms with Crippen LogP contribution in [0.3, 0.4) is 0 Å². The molecule has 0 radical (unpaired) electrons. The van der Waals surface area contributed by atoms with Crippen LogP contribution < -0.4 is 11.1 Å². The van der Waals surface area contributed by atoms with Gasteiger partial charge in [-0.2, -0.15) is 0 Å². The van der Waals surface area contributed by atoms with E-state index < -0.39 is 17.9 Å². The zero-order valence-electron chi connectivity index (χ0n) is 9.83. The molecule has 18 heavy (non-hydrogen) atoms. The SMILES string of the molecule is NC(=O)C[C@H](NC(=O)C1CC2C=CC1C2)C(=O)O. The fraction of sp³-hybridized carbons (Fsp3) is 0.583. The van der Waals surface area contributed by atoms with E-state index in [2.05, 4.69) is 11.4 Å². The maximum absolute atomic E-state index is 12.0. The van der Waals surface area contributed by atoms with E-state index in [9.17, 15) is 14.4 Å². The van der Waals surface area contributed by atoms with Crippen molar-refractivity contribution in [2.45, 2.75) is 25.3 Å². The third kappa shape index (κ3) is 2.52. The quantitative estimate of drug-likeness (QED) is 0.580. The molecule has 0 spiro atoms. The summed E-state index contributed by atoms with van der Waals surface area (Å²) in [5.74, 6) is -1.80. The lowest BCUT2D eigenvalue weighted by atomic mass is 9.92. The molecule has 4 N–H and O–H groups in total. The van der Waals surface area contributed by atoms with Gasteiger partial charge in [-0.05, 0) is 24.7 Å². The molecule has 2 aliphatic rings. The Kier molecular flexibility index (Phi) is 3.36. The summed E-state index contributed by atoms with van der Waals surface area (Å²) in [6.45, 7) is 0. The van der Waals surface area contributed by atoms with E-state index in [1.807, 2.05) is 6.08 Å². The van der Waals surface area contributed by atoms with Crippen LogP contribution in [0, 0.1) is 17.8 Å². The maximum Gasteiger partial charge on any atom is 0.326 e. The number of carbonyl (C=O) groups is 3. The van der Waals surface area contributed by atoms with Crippen LogP contribution in [0.2, 0.25) is 0 Å². The standard InChI is InChI=1S/C12H16N2O4/c13-10(15)5-9(12(17)18)14-11(16)8-4-6-1-2-7(8)3-6/h1-2,6-9H,3-5H2,(H2,13,15)(H,14,16)(H,17,18)/t6?,7?,8?,9-/m0/s1. The Bertz CT molecular complexity index is 418. The lowest BCUT2D eigenvalue weighted by Crippen LogP contribution is -2.46. The average molecular weight is 252 g/mol. The van der Waals surface area contributed by atoms with Gasteiger partial charge in [0.2, 0.25) is 11.8 Å². The Balaban J connectivity index is 1.95. The lowest BCUT2D eigenvalue weighted by molar-refractivity contribution is -0.144. The van der Waals surface area contributed by atoms with E-state index >= 15 is 0 Å². The summed E-state index contributed by atoms with van der Waals surface area (Å²) in [5.41, 5.74) is 4.96. The van der Waals surface area contributed by atoms with Crippen molar-refractivity contribution in [3.63, 3.8) is 0 Å². The van der Waals surface area contributed by atoms with Crippen molar-refractivity contribution >= 4 is 17.8 Å². The van der Waals surface area contributed by atoms with Gasteiger partial charge in [-0.3, -0.25) is 9.59 Å². The Hall–Kier alpha value is -1.85. The number of nitrogens with two attached hydrogens (primary N) is 1. The number of carboxylic acid groups (broad SMARTS) is 1. The van der Waals surface area contributed by atoms with Crippen molar-refractivity contribution in [3.8, 4) is 0 Å². The summed E-state index contributed by atoms with van der Waals surface area (Å²) in [4.78, 5) is 33.6. The molecule has 0 aromatic carbocycles. The first kappa shape index (κ1) is 12.6. The van der Waals surface area contributed by atoms with Crippen LogP contribution in [0.15, 0.2) is 12.2 Å². The van der Waals surface area contributed by atoms with Gasteiger partial charge in [0.1, 0.15) is 6.04 Å². The number of primary amides is 1. The molecular formula is C12H16N2O4. The van der Waals surface area contributed by atoms with Crippen molar-refractivity contribution in [2.75, 3.05) is 0 Å². The number of rotatable bonds is 5. The van der Waals surface area contributed by atoms with Gasteiger partial charge in [-0.1, -0.05) is 12.2 Å². The molecule has 1 saturated carbocycles. The topological polar surface area (TPSA) is 109 Å². The summed E-state index contributed by atoms with van der Waals surface area (Å²) in [6, 6.07) is -1.22.